The number of aliphatic imine (C=N–C) groups is 3. The summed E-state index contributed by atoms with van der Waals surface area (Å²) in [4.78, 5) is 14.5. The summed E-state index contributed by atoms with van der Waals surface area (Å²) in [6.07, 6.45) is 0. The molecule has 0 atom stereocenters. The van der Waals surface area contributed by atoms with Crippen LogP contribution in [-0.2, 0) is 6.54 Å². The number of hydrogen-bond acceptors (Lipinski definition) is 2. The first kappa shape index (κ1) is 33.9. The fourth-order valence-electron chi connectivity index (χ4n) is 7.79. The molecule has 0 N–H and O–H groups in total. The van der Waals surface area contributed by atoms with Crippen molar-refractivity contribution in [3.05, 3.63) is 211 Å². The van der Waals surface area contributed by atoms with Crippen LogP contribution in [0.2, 0.25) is 0 Å². The fraction of sp³-hybridized carbons (Fsp3) is 0.0192. The van der Waals surface area contributed by atoms with Gasteiger partial charge in [0, 0.05) is 38.4 Å². The zero-order valence-corrected chi connectivity index (χ0v) is 31.1. The van der Waals surface area contributed by atoms with Crippen LogP contribution < -0.4 is 0 Å². The molecule has 0 aliphatic carbocycles. The molecular formula is C52H36N4O. The maximum Gasteiger partial charge on any atom is 0.161 e. The minimum atomic E-state index is 0.475. The second-order valence-corrected chi connectivity index (χ2v) is 14.1. The van der Waals surface area contributed by atoms with E-state index in [1.54, 1.807) is 0 Å². The first-order valence-corrected chi connectivity index (χ1v) is 19.1. The van der Waals surface area contributed by atoms with Crippen molar-refractivity contribution < 1.29 is 4.42 Å². The molecule has 5 heteroatoms. The monoisotopic (exact) mass is 732 g/mol. The van der Waals surface area contributed by atoms with E-state index in [2.05, 4.69) is 156 Å². The maximum absolute atomic E-state index is 6.12. The van der Waals surface area contributed by atoms with Crippen molar-refractivity contribution in [2.24, 2.45) is 15.0 Å². The van der Waals surface area contributed by atoms with Crippen molar-refractivity contribution in [1.82, 2.24) is 4.57 Å². The average Bonchev–Trinajstić information content (AvgIpc) is 3.82. The van der Waals surface area contributed by atoms with Crippen LogP contribution in [0, 0.1) is 0 Å². The van der Waals surface area contributed by atoms with Gasteiger partial charge in [0.25, 0.3) is 0 Å². The summed E-state index contributed by atoms with van der Waals surface area (Å²) < 4.78 is 8.44. The highest BCUT2D eigenvalue weighted by Crippen LogP contribution is 2.37. The lowest BCUT2D eigenvalue weighted by molar-refractivity contribution is 0.669. The number of nitrogens with zero attached hydrogens (tertiary/aromatic N) is 4. The lowest BCUT2D eigenvalue weighted by atomic mass is 10.0. The molecule has 0 aliphatic rings. The molecular weight excluding hydrogens is 697 g/mol. The fourth-order valence-corrected chi connectivity index (χ4v) is 7.79. The molecule has 5 nitrogen and oxygen atoms in total. The largest absolute Gasteiger partial charge is 0.456 e. The Balaban J connectivity index is 1.02. The van der Waals surface area contributed by atoms with Crippen molar-refractivity contribution in [2.75, 3.05) is 0 Å². The van der Waals surface area contributed by atoms with E-state index in [0.717, 1.165) is 66.5 Å². The van der Waals surface area contributed by atoms with Crippen LogP contribution in [-0.4, -0.2) is 23.0 Å². The molecule has 10 rings (SSSR count). The van der Waals surface area contributed by atoms with Crippen LogP contribution in [0.4, 0.5) is 0 Å². The van der Waals surface area contributed by atoms with Crippen LogP contribution in [0.25, 0.3) is 71.7 Å². The van der Waals surface area contributed by atoms with Gasteiger partial charge in [0.05, 0.1) is 17.6 Å². The summed E-state index contributed by atoms with van der Waals surface area (Å²) in [5.74, 6) is 1.10. The number of hydrogen-bond donors (Lipinski definition) is 0. The van der Waals surface area contributed by atoms with Crippen LogP contribution >= 0.6 is 0 Å². The highest BCUT2D eigenvalue weighted by Gasteiger charge is 2.16. The molecule has 2 aromatic heterocycles. The van der Waals surface area contributed by atoms with Gasteiger partial charge >= 0.3 is 0 Å². The quantitative estimate of drug-likeness (QED) is 0.119. The third kappa shape index (κ3) is 6.41. The van der Waals surface area contributed by atoms with Crippen LogP contribution in [0.15, 0.2) is 214 Å². The topological polar surface area (TPSA) is 55.1 Å². The van der Waals surface area contributed by atoms with Crippen molar-refractivity contribution in [2.45, 2.75) is 6.54 Å². The normalized spacial score (nSPS) is 12.2. The van der Waals surface area contributed by atoms with Gasteiger partial charge in [-0.1, -0.05) is 146 Å². The Bertz CT molecular complexity index is 3150. The Morgan fingerprint density at radius 3 is 1.88 bits per heavy atom. The number of benzene rings is 8. The molecule has 8 aromatic carbocycles. The molecule has 0 saturated heterocycles. The number of furan rings is 1. The zero-order valence-electron chi connectivity index (χ0n) is 31.1. The molecule has 10 aromatic rings. The Kier molecular flexibility index (Phi) is 8.65. The highest BCUT2D eigenvalue weighted by atomic mass is 16.3. The lowest BCUT2D eigenvalue weighted by Crippen LogP contribution is -2.06. The lowest BCUT2D eigenvalue weighted by Gasteiger charge is -2.11. The van der Waals surface area contributed by atoms with Crippen LogP contribution in [0.1, 0.15) is 16.7 Å². The second kappa shape index (κ2) is 14.5. The average molecular weight is 733 g/mol. The summed E-state index contributed by atoms with van der Waals surface area (Å²) in [6.45, 7) is 4.43. The van der Waals surface area contributed by atoms with Gasteiger partial charge in [0.15, 0.2) is 11.7 Å². The Labute approximate surface area is 330 Å². The smallest absolute Gasteiger partial charge is 0.161 e. The van der Waals surface area contributed by atoms with E-state index in [0.29, 0.717) is 18.2 Å². The van der Waals surface area contributed by atoms with Gasteiger partial charge in [-0.3, -0.25) is 4.99 Å². The van der Waals surface area contributed by atoms with Gasteiger partial charge < -0.3 is 8.98 Å². The Morgan fingerprint density at radius 1 is 0.456 bits per heavy atom. The van der Waals surface area contributed by atoms with Gasteiger partial charge in [-0.15, -0.1) is 0 Å². The van der Waals surface area contributed by atoms with E-state index in [4.69, 9.17) is 14.4 Å². The first-order valence-electron chi connectivity index (χ1n) is 19.1. The van der Waals surface area contributed by atoms with Gasteiger partial charge in [0.2, 0.25) is 0 Å². The highest BCUT2D eigenvalue weighted by molar-refractivity contribution is 6.14. The summed E-state index contributed by atoms with van der Waals surface area (Å²) in [5.41, 5.74) is 12.5. The molecule has 0 fully saturated rings. The molecule has 0 radical (unpaired) electrons. The summed E-state index contributed by atoms with van der Waals surface area (Å²) in [7, 11) is 0. The van der Waals surface area contributed by atoms with Gasteiger partial charge in [0.1, 0.15) is 11.2 Å². The molecule has 270 valence electrons. The molecule has 0 amide bonds. The van der Waals surface area contributed by atoms with Gasteiger partial charge in [-0.2, -0.15) is 0 Å². The predicted octanol–water partition coefficient (Wildman–Crippen LogP) is 13.1. The minimum absolute atomic E-state index is 0.475. The summed E-state index contributed by atoms with van der Waals surface area (Å²) >= 11 is 0. The molecule has 0 bridgehead atoms. The molecule has 0 aliphatic heterocycles. The van der Waals surface area contributed by atoms with E-state index in [9.17, 15) is 0 Å². The number of amidine groups is 2. The molecule has 57 heavy (non-hydrogen) atoms. The Morgan fingerprint density at radius 2 is 1.07 bits per heavy atom. The van der Waals surface area contributed by atoms with Crippen LogP contribution in [0.5, 0.6) is 0 Å². The zero-order chi connectivity index (χ0) is 38.1. The molecule has 0 spiro atoms. The summed E-state index contributed by atoms with van der Waals surface area (Å²) in [5, 5.41) is 4.60. The maximum atomic E-state index is 6.12. The number of fused-ring (bicyclic) bond motifs is 6. The van der Waals surface area contributed by atoms with E-state index >= 15 is 0 Å². The third-order valence-electron chi connectivity index (χ3n) is 10.6. The Hall–Kier alpha value is -7.63. The van der Waals surface area contributed by atoms with E-state index < -0.39 is 0 Å². The van der Waals surface area contributed by atoms with Crippen LogP contribution in [0.3, 0.4) is 0 Å². The van der Waals surface area contributed by atoms with Crippen molar-refractivity contribution in [3.63, 3.8) is 0 Å². The molecule has 0 saturated carbocycles. The minimum Gasteiger partial charge on any atom is -0.456 e. The predicted molar refractivity (Wildman–Crippen MR) is 238 cm³/mol. The van der Waals surface area contributed by atoms with E-state index in [1.807, 2.05) is 54.6 Å². The number of rotatable bonds is 7. The van der Waals surface area contributed by atoms with Gasteiger partial charge in [-0.05, 0) is 83.1 Å². The molecule has 2 heterocycles. The number of para-hydroxylation sites is 2. The van der Waals surface area contributed by atoms with Gasteiger partial charge in [-0.25, -0.2) is 9.98 Å². The first-order chi connectivity index (χ1) is 28.2. The number of aromatic nitrogens is 1. The van der Waals surface area contributed by atoms with Crippen molar-refractivity contribution in [3.8, 4) is 27.9 Å². The second-order valence-electron chi connectivity index (χ2n) is 14.1. The summed E-state index contributed by atoms with van der Waals surface area (Å²) in [6, 6.07) is 67.3. The van der Waals surface area contributed by atoms with Crippen molar-refractivity contribution >= 4 is 62.1 Å². The van der Waals surface area contributed by atoms with E-state index in [-0.39, 0.29) is 0 Å². The van der Waals surface area contributed by atoms with Crippen molar-refractivity contribution in [1.29, 1.82) is 0 Å². The molecule has 0 unspecified atom stereocenters. The third-order valence-corrected chi connectivity index (χ3v) is 10.6. The van der Waals surface area contributed by atoms with E-state index in [1.165, 1.54) is 21.9 Å². The SMILES string of the molecule is C=NC(=NC(=NCc1ccc(-c2ccccc2)cc1)c1ccccc1)c1cccc(-n2c3ccccc3c3cc(-c4ccc5oc6ccccc6c5c4)ccc32)c1. The standard InChI is InChI=1S/C52H36N4O/c1-53-51(55-52(38-15-6-3-7-16-38)54-34-35-23-25-37(26-24-35)36-13-4-2-5-14-36)41-17-12-18-42(31-41)56-47-21-10-8-19-43(47)45-32-39(27-29-48(45)56)40-28-30-50-46(33-40)44-20-9-11-22-49(44)57-50/h2-33H,1,34H2.